The quantitative estimate of drug-likeness (QED) is 0.525. The van der Waals surface area contributed by atoms with Crippen LogP contribution in [0, 0.1) is 11.6 Å². The first-order chi connectivity index (χ1) is 8.74. The number of carbonyl (C=O) groups excluding carboxylic acids is 1. The standard InChI is InChI=1S/C10H13F2N3O3S/c1-19(17,18)3-2-14-10(16)6-4-7(11)9(15-13)8(12)5-6/h4-5,15H,2-3,13H2,1H3,(H,14,16). The van der Waals surface area contributed by atoms with Gasteiger partial charge in [-0.15, -0.1) is 0 Å². The molecule has 1 rings (SSSR count). The smallest absolute Gasteiger partial charge is 0.251 e. The number of halogens is 2. The summed E-state index contributed by atoms with van der Waals surface area (Å²) in [5, 5.41) is 2.24. The van der Waals surface area contributed by atoms with Crippen LogP contribution in [0.4, 0.5) is 14.5 Å². The maximum absolute atomic E-state index is 13.3. The average Bonchev–Trinajstić information content (AvgIpc) is 2.26. The molecule has 1 aromatic rings. The van der Waals surface area contributed by atoms with Gasteiger partial charge in [-0.3, -0.25) is 10.6 Å². The molecule has 6 nitrogen and oxygen atoms in total. The first kappa shape index (κ1) is 15.3. The van der Waals surface area contributed by atoms with E-state index in [4.69, 9.17) is 5.84 Å². The van der Waals surface area contributed by atoms with Crippen LogP contribution in [-0.4, -0.2) is 32.9 Å². The van der Waals surface area contributed by atoms with Crippen LogP contribution in [-0.2, 0) is 9.84 Å². The van der Waals surface area contributed by atoms with Crippen LogP contribution < -0.4 is 16.6 Å². The predicted molar refractivity (Wildman–Crippen MR) is 66.2 cm³/mol. The summed E-state index contributed by atoms with van der Waals surface area (Å²) in [4.78, 5) is 11.5. The number of anilines is 1. The van der Waals surface area contributed by atoms with Gasteiger partial charge < -0.3 is 10.7 Å². The van der Waals surface area contributed by atoms with Gasteiger partial charge in [-0.25, -0.2) is 17.2 Å². The molecular weight excluding hydrogens is 280 g/mol. The third kappa shape index (κ3) is 4.45. The second-order valence-corrected chi connectivity index (χ2v) is 6.10. The Morgan fingerprint density at radius 2 is 1.84 bits per heavy atom. The van der Waals surface area contributed by atoms with Crippen LogP contribution in [0.2, 0.25) is 0 Å². The van der Waals surface area contributed by atoms with Crippen molar-refractivity contribution in [3.05, 3.63) is 29.3 Å². The van der Waals surface area contributed by atoms with E-state index in [1.807, 2.05) is 5.43 Å². The zero-order valence-electron chi connectivity index (χ0n) is 10.0. The van der Waals surface area contributed by atoms with Gasteiger partial charge in [0.2, 0.25) is 0 Å². The van der Waals surface area contributed by atoms with E-state index < -0.39 is 33.1 Å². The summed E-state index contributed by atoms with van der Waals surface area (Å²) in [5.74, 6) is 1.84. The van der Waals surface area contributed by atoms with Crippen molar-refractivity contribution in [1.29, 1.82) is 0 Å². The van der Waals surface area contributed by atoms with E-state index in [1.165, 1.54) is 0 Å². The lowest BCUT2D eigenvalue weighted by atomic mass is 10.1. The molecule has 0 saturated carbocycles. The van der Waals surface area contributed by atoms with Gasteiger partial charge >= 0.3 is 0 Å². The van der Waals surface area contributed by atoms with Crippen LogP contribution in [0.1, 0.15) is 10.4 Å². The molecule has 0 aromatic heterocycles. The second-order valence-electron chi connectivity index (χ2n) is 3.85. The first-order valence-electron chi connectivity index (χ1n) is 5.16. The zero-order valence-corrected chi connectivity index (χ0v) is 10.9. The van der Waals surface area contributed by atoms with E-state index in [2.05, 4.69) is 5.32 Å². The Bertz CT molecular complexity index is 567. The van der Waals surface area contributed by atoms with E-state index in [0.717, 1.165) is 18.4 Å². The van der Waals surface area contributed by atoms with Crippen molar-refractivity contribution >= 4 is 21.4 Å². The predicted octanol–water partition coefficient (Wildman–Crippen LogP) is 0.0248. The summed E-state index contributed by atoms with van der Waals surface area (Å²) >= 11 is 0. The zero-order chi connectivity index (χ0) is 14.6. The summed E-state index contributed by atoms with van der Waals surface area (Å²) in [7, 11) is -3.22. The molecule has 9 heteroatoms. The maximum Gasteiger partial charge on any atom is 0.251 e. The van der Waals surface area contributed by atoms with Crippen molar-refractivity contribution < 1.29 is 22.0 Å². The van der Waals surface area contributed by atoms with Crippen LogP contribution in [0.25, 0.3) is 0 Å². The van der Waals surface area contributed by atoms with Gasteiger partial charge in [0.25, 0.3) is 5.91 Å². The van der Waals surface area contributed by atoms with E-state index in [-0.39, 0.29) is 17.9 Å². The van der Waals surface area contributed by atoms with Crippen LogP contribution in [0.5, 0.6) is 0 Å². The molecule has 0 saturated heterocycles. The highest BCUT2D eigenvalue weighted by Crippen LogP contribution is 2.19. The number of benzene rings is 1. The Morgan fingerprint density at radius 1 is 1.32 bits per heavy atom. The summed E-state index contributed by atoms with van der Waals surface area (Å²) in [6, 6.07) is 1.60. The van der Waals surface area contributed by atoms with E-state index in [1.54, 1.807) is 0 Å². The molecule has 0 aliphatic carbocycles. The topological polar surface area (TPSA) is 101 Å². The summed E-state index contributed by atoms with van der Waals surface area (Å²) in [5.41, 5.74) is 1.02. The number of carbonyl (C=O) groups is 1. The van der Waals surface area contributed by atoms with Crippen LogP contribution in [0.3, 0.4) is 0 Å². The van der Waals surface area contributed by atoms with E-state index >= 15 is 0 Å². The lowest BCUT2D eigenvalue weighted by molar-refractivity contribution is 0.0955. The van der Waals surface area contributed by atoms with E-state index in [9.17, 15) is 22.0 Å². The minimum atomic E-state index is -3.22. The molecule has 0 heterocycles. The number of nitrogen functional groups attached to an aromatic ring is 1. The van der Waals surface area contributed by atoms with Gasteiger partial charge in [-0.2, -0.15) is 0 Å². The monoisotopic (exact) mass is 293 g/mol. The SMILES string of the molecule is CS(=O)(=O)CCNC(=O)c1cc(F)c(NN)c(F)c1. The van der Waals surface area contributed by atoms with Crippen molar-refractivity contribution in [2.45, 2.75) is 0 Å². The van der Waals surface area contributed by atoms with Crippen LogP contribution >= 0.6 is 0 Å². The fraction of sp³-hybridized carbons (Fsp3) is 0.300. The van der Waals surface area contributed by atoms with Gasteiger partial charge in [-0.05, 0) is 12.1 Å². The van der Waals surface area contributed by atoms with Crippen molar-refractivity contribution in [3.8, 4) is 0 Å². The molecule has 4 N–H and O–H groups in total. The number of hydrogen-bond acceptors (Lipinski definition) is 5. The Kier molecular flexibility index (Phi) is 4.78. The molecule has 0 fully saturated rings. The molecule has 0 bridgehead atoms. The Balaban J connectivity index is 2.78. The molecular formula is C10H13F2N3O3S. The molecule has 0 unspecified atom stereocenters. The minimum Gasteiger partial charge on any atom is -0.351 e. The molecule has 19 heavy (non-hydrogen) atoms. The van der Waals surface area contributed by atoms with E-state index in [0.29, 0.717) is 0 Å². The molecule has 0 radical (unpaired) electrons. The van der Waals surface area contributed by atoms with Crippen molar-refractivity contribution in [2.24, 2.45) is 5.84 Å². The van der Waals surface area contributed by atoms with Crippen molar-refractivity contribution in [1.82, 2.24) is 5.32 Å². The summed E-state index contributed by atoms with van der Waals surface area (Å²) in [6.45, 7) is -0.141. The molecule has 106 valence electrons. The summed E-state index contributed by atoms with van der Waals surface area (Å²) in [6.07, 6.45) is 1.01. The molecule has 0 spiro atoms. The van der Waals surface area contributed by atoms with Gasteiger partial charge in [-0.1, -0.05) is 0 Å². The van der Waals surface area contributed by atoms with Gasteiger partial charge in [0, 0.05) is 18.4 Å². The van der Waals surface area contributed by atoms with Crippen molar-refractivity contribution in [3.63, 3.8) is 0 Å². The summed E-state index contributed by atoms with van der Waals surface area (Å²) < 4.78 is 48.3. The number of sulfone groups is 1. The third-order valence-corrected chi connectivity index (χ3v) is 3.15. The number of hydrogen-bond donors (Lipinski definition) is 3. The number of nitrogens with two attached hydrogens (primary N) is 1. The minimum absolute atomic E-state index is 0.141. The highest BCUT2D eigenvalue weighted by atomic mass is 32.2. The number of hydrazine groups is 1. The largest absolute Gasteiger partial charge is 0.351 e. The fourth-order valence-electron chi connectivity index (χ4n) is 1.29. The highest BCUT2D eigenvalue weighted by Gasteiger charge is 2.14. The lowest BCUT2D eigenvalue weighted by Crippen LogP contribution is -2.29. The molecule has 0 aliphatic rings. The molecule has 1 amide bonds. The molecule has 0 aliphatic heterocycles. The fourth-order valence-corrected chi connectivity index (χ4v) is 1.77. The molecule has 0 atom stereocenters. The Hall–Kier alpha value is -1.74. The Morgan fingerprint density at radius 3 is 2.26 bits per heavy atom. The van der Waals surface area contributed by atoms with Crippen LogP contribution in [0.15, 0.2) is 12.1 Å². The number of rotatable bonds is 5. The first-order valence-corrected chi connectivity index (χ1v) is 7.22. The second kappa shape index (κ2) is 5.93. The van der Waals surface area contributed by atoms with Gasteiger partial charge in [0.05, 0.1) is 5.75 Å². The normalized spacial score (nSPS) is 11.2. The lowest BCUT2D eigenvalue weighted by Gasteiger charge is -2.08. The average molecular weight is 293 g/mol. The highest BCUT2D eigenvalue weighted by molar-refractivity contribution is 7.90. The number of nitrogens with one attached hydrogen (secondary N) is 2. The Labute approximate surface area is 108 Å². The van der Waals surface area contributed by atoms with Crippen molar-refractivity contribution in [2.75, 3.05) is 24.0 Å². The third-order valence-electron chi connectivity index (χ3n) is 2.21. The van der Waals surface area contributed by atoms with Gasteiger partial charge in [0.1, 0.15) is 15.5 Å². The molecule has 1 aromatic carbocycles. The van der Waals surface area contributed by atoms with Gasteiger partial charge in [0.15, 0.2) is 11.6 Å². The maximum atomic E-state index is 13.3. The number of amides is 1.